The summed E-state index contributed by atoms with van der Waals surface area (Å²) in [6, 6.07) is 41.2. The lowest BCUT2D eigenvalue weighted by molar-refractivity contribution is 1.06. The quantitative estimate of drug-likeness (QED) is 0.188. The zero-order valence-electron chi connectivity index (χ0n) is 24.9. The molecule has 0 bridgehead atoms. The van der Waals surface area contributed by atoms with Crippen LogP contribution in [0, 0.1) is 0 Å². The first kappa shape index (κ1) is 25.7. The molecule has 10 rings (SSSR count). The van der Waals surface area contributed by atoms with Gasteiger partial charge in [-0.05, 0) is 48.5 Å². The first-order valence-electron chi connectivity index (χ1n) is 15.5. The normalized spacial score (nSPS) is 11.8. The van der Waals surface area contributed by atoms with Gasteiger partial charge >= 0.3 is 0 Å². The van der Waals surface area contributed by atoms with Gasteiger partial charge in [-0.15, -0.1) is 0 Å². The van der Waals surface area contributed by atoms with Crippen LogP contribution in [0.1, 0.15) is 0 Å². The molecule has 0 aliphatic heterocycles. The van der Waals surface area contributed by atoms with Crippen LogP contribution in [0.4, 0.5) is 0 Å². The van der Waals surface area contributed by atoms with E-state index in [-0.39, 0.29) is 0 Å². The average Bonchev–Trinajstić information content (AvgIpc) is 3.48. The summed E-state index contributed by atoms with van der Waals surface area (Å²) in [6.45, 7) is 0. The van der Waals surface area contributed by atoms with Crippen molar-refractivity contribution in [2.24, 2.45) is 0 Å². The molecule has 0 N–H and O–H groups in total. The Hall–Kier alpha value is -6.60. The molecule has 0 saturated heterocycles. The van der Waals surface area contributed by atoms with Gasteiger partial charge in [0.15, 0.2) is 11.6 Å². The van der Waals surface area contributed by atoms with Crippen LogP contribution >= 0.6 is 0 Å². The van der Waals surface area contributed by atoms with Crippen molar-refractivity contribution in [2.45, 2.75) is 0 Å². The Morgan fingerprint density at radius 1 is 0.404 bits per heavy atom. The molecule has 10 aromatic rings. The minimum absolute atomic E-state index is 0.574. The van der Waals surface area contributed by atoms with Crippen LogP contribution in [0.15, 0.2) is 140 Å². The smallest absolute Gasteiger partial charge is 0.164 e. The van der Waals surface area contributed by atoms with Gasteiger partial charge in [-0.1, -0.05) is 72.8 Å². The van der Waals surface area contributed by atoms with Gasteiger partial charge in [0.05, 0.1) is 27.8 Å². The van der Waals surface area contributed by atoms with E-state index >= 15 is 0 Å². The van der Waals surface area contributed by atoms with Crippen molar-refractivity contribution in [3.05, 3.63) is 140 Å². The predicted molar refractivity (Wildman–Crippen MR) is 188 cm³/mol. The third-order valence-electron chi connectivity index (χ3n) is 8.93. The van der Waals surface area contributed by atoms with E-state index < -0.39 is 0 Å². The van der Waals surface area contributed by atoms with E-state index in [4.69, 9.17) is 29.9 Å². The number of aromatic nitrogens is 7. The summed E-state index contributed by atoms with van der Waals surface area (Å²) < 4.78 is 2.15. The summed E-state index contributed by atoms with van der Waals surface area (Å²) in [7, 11) is 0. The minimum Gasteiger partial charge on any atom is -0.277 e. The number of hydrogen-bond acceptors (Lipinski definition) is 6. The Morgan fingerprint density at radius 3 is 1.91 bits per heavy atom. The maximum atomic E-state index is 5.33. The molecule has 0 aliphatic carbocycles. The minimum atomic E-state index is 0.574. The number of para-hydroxylation sites is 3. The molecule has 0 spiro atoms. The second-order valence-electron chi connectivity index (χ2n) is 11.6. The highest BCUT2D eigenvalue weighted by Crippen LogP contribution is 2.37. The highest BCUT2D eigenvalue weighted by Gasteiger charge is 2.21. The predicted octanol–water partition coefficient (Wildman–Crippen LogP) is 9.10. The van der Waals surface area contributed by atoms with E-state index in [1.807, 2.05) is 48.9 Å². The van der Waals surface area contributed by atoms with Crippen molar-refractivity contribution in [2.75, 3.05) is 0 Å². The summed E-state index contributed by atoms with van der Waals surface area (Å²) in [4.78, 5) is 30.2. The van der Waals surface area contributed by atoms with E-state index in [0.29, 0.717) is 5.82 Å². The third kappa shape index (κ3) is 3.87. The van der Waals surface area contributed by atoms with Gasteiger partial charge in [0, 0.05) is 62.0 Å². The summed E-state index contributed by atoms with van der Waals surface area (Å²) in [5.74, 6) is 1.31. The fraction of sp³-hybridized carbons (Fsp3) is 0. The molecule has 0 aliphatic rings. The van der Waals surface area contributed by atoms with E-state index in [2.05, 4.69) is 95.6 Å². The third-order valence-corrected chi connectivity index (χ3v) is 8.93. The molecule has 0 unspecified atom stereocenters. The number of benzene rings is 4. The molecular weight excluding hydrogens is 578 g/mol. The Bertz CT molecular complexity index is 2810. The van der Waals surface area contributed by atoms with E-state index in [0.717, 1.165) is 88.2 Å². The second-order valence-corrected chi connectivity index (χ2v) is 11.6. The molecule has 0 radical (unpaired) electrons. The summed E-state index contributed by atoms with van der Waals surface area (Å²) in [6.07, 6.45) is 5.47. The summed E-state index contributed by atoms with van der Waals surface area (Å²) in [5.41, 5.74) is 7.82. The molecule has 0 amide bonds. The van der Waals surface area contributed by atoms with Gasteiger partial charge in [-0.25, -0.2) is 19.9 Å². The van der Waals surface area contributed by atoms with Gasteiger partial charge in [0.2, 0.25) is 0 Å². The van der Waals surface area contributed by atoms with Crippen LogP contribution < -0.4 is 0 Å². The molecule has 7 heteroatoms. The largest absolute Gasteiger partial charge is 0.277 e. The maximum absolute atomic E-state index is 5.33. The first-order chi connectivity index (χ1) is 23.3. The Labute approximate surface area is 267 Å². The van der Waals surface area contributed by atoms with Crippen molar-refractivity contribution >= 4 is 65.5 Å². The van der Waals surface area contributed by atoms with E-state index in [1.54, 1.807) is 0 Å². The highest BCUT2D eigenvalue weighted by molar-refractivity contribution is 6.11. The lowest BCUT2D eigenvalue weighted by Crippen LogP contribution is -2.04. The number of rotatable bonds is 3. The van der Waals surface area contributed by atoms with E-state index in [9.17, 15) is 0 Å². The SMILES string of the molecule is c1cnc2c(-c3ccc4ccc5c(-n6c7ccccc7c7cccnc76)nc(-c6cccc7cccnc67)nc5c4n3)cccc2c1. The Kier molecular flexibility index (Phi) is 5.44. The van der Waals surface area contributed by atoms with Crippen molar-refractivity contribution in [3.63, 3.8) is 0 Å². The van der Waals surface area contributed by atoms with Crippen LogP contribution in [0.3, 0.4) is 0 Å². The van der Waals surface area contributed by atoms with Crippen LogP contribution in [0.25, 0.3) is 94.0 Å². The summed E-state index contributed by atoms with van der Waals surface area (Å²) >= 11 is 0. The van der Waals surface area contributed by atoms with Crippen molar-refractivity contribution < 1.29 is 0 Å². The monoisotopic (exact) mass is 601 g/mol. The van der Waals surface area contributed by atoms with Crippen LogP contribution in [0.5, 0.6) is 0 Å². The van der Waals surface area contributed by atoms with Crippen LogP contribution in [0.2, 0.25) is 0 Å². The van der Waals surface area contributed by atoms with Crippen molar-refractivity contribution in [3.8, 4) is 28.5 Å². The fourth-order valence-corrected chi connectivity index (χ4v) is 6.81. The number of pyridine rings is 4. The zero-order chi connectivity index (χ0) is 30.9. The summed E-state index contributed by atoms with van der Waals surface area (Å²) in [5, 5.41) is 6.13. The molecule has 6 heterocycles. The zero-order valence-corrected chi connectivity index (χ0v) is 24.9. The van der Waals surface area contributed by atoms with Crippen LogP contribution in [-0.4, -0.2) is 34.5 Å². The average molecular weight is 602 g/mol. The Balaban J connectivity index is 1.35. The number of hydrogen-bond donors (Lipinski definition) is 0. The van der Waals surface area contributed by atoms with Gasteiger partial charge in [-0.3, -0.25) is 14.5 Å². The fourth-order valence-electron chi connectivity index (χ4n) is 6.81. The maximum Gasteiger partial charge on any atom is 0.164 e. The van der Waals surface area contributed by atoms with Gasteiger partial charge in [0.1, 0.15) is 11.2 Å². The lowest BCUT2D eigenvalue weighted by atomic mass is 10.0. The molecule has 0 fully saturated rings. The molecule has 0 atom stereocenters. The molecule has 47 heavy (non-hydrogen) atoms. The molecule has 6 aromatic heterocycles. The van der Waals surface area contributed by atoms with Gasteiger partial charge in [0.25, 0.3) is 0 Å². The number of nitrogens with zero attached hydrogens (tertiary/aromatic N) is 7. The number of fused-ring (bicyclic) bond motifs is 8. The molecule has 7 nitrogen and oxygen atoms in total. The van der Waals surface area contributed by atoms with Gasteiger partial charge < -0.3 is 0 Å². The Morgan fingerprint density at radius 2 is 1.06 bits per heavy atom. The van der Waals surface area contributed by atoms with E-state index in [1.165, 1.54) is 0 Å². The first-order valence-corrected chi connectivity index (χ1v) is 15.5. The second kappa shape index (κ2) is 9.95. The molecule has 0 saturated carbocycles. The van der Waals surface area contributed by atoms with Gasteiger partial charge in [-0.2, -0.15) is 0 Å². The molecular formula is C40H23N7. The van der Waals surface area contributed by atoms with Crippen molar-refractivity contribution in [1.82, 2.24) is 34.5 Å². The topological polar surface area (TPSA) is 82.3 Å². The standard InChI is InChI=1S/C40H23N7/c1-2-16-33-27(12-1)28-15-7-23-43-39(28)47(33)40-31-19-17-26-18-20-32(29-13-3-8-24-10-5-21-41-34(24)29)44-36(26)37(31)45-38(46-40)30-14-4-9-25-11-6-22-42-35(25)30/h1-23H. The van der Waals surface area contributed by atoms with Crippen LogP contribution in [-0.2, 0) is 0 Å². The molecule has 4 aromatic carbocycles. The molecule has 218 valence electrons. The van der Waals surface area contributed by atoms with Crippen molar-refractivity contribution in [1.29, 1.82) is 0 Å². The highest BCUT2D eigenvalue weighted by atomic mass is 15.1. The lowest BCUT2D eigenvalue weighted by Gasteiger charge is -2.14.